The number of halogens is 1. The van der Waals surface area contributed by atoms with Gasteiger partial charge in [-0.3, -0.25) is 4.79 Å². The van der Waals surface area contributed by atoms with Crippen LogP contribution in [0.2, 0.25) is 0 Å². The molecule has 0 spiro atoms. The summed E-state index contributed by atoms with van der Waals surface area (Å²) >= 11 is 7.36. The summed E-state index contributed by atoms with van der Waals surface area (Å²) in [6.07, 6.45) is 0.728. The van der Waals surface area contributed by atoms with Crippen LogP contribution >= 0.6 is 22.9 Å². The molecule has 3 rings (SSSR count). The molecule has 2 aromatic rings. The molecule has 21 heavy (non-hydrogen) atoms. The lowest BCUT2D eigenvalue weighted by atomic mass is 10.00. The lowest BCUT2D eigenvalue weighted by molar-refractivity contribution is -0.130. The van der Waals surface area contributed by atoms with Gasteiger partial charge in [-0.05, 0) is 23.9 Å². The van der Waals surface area contributed by atoms with Crippen molar-refractivity contribution in [3.63, 3.8) is 0 Å². The number of alkyl halides is 1. The Bertz CT molecular complexity index is 664. The Kier molecular flexibility index (Phi) is 4.08. The van der Waals surface area contributed by atoms with Crippen LogP contribution in [0.5, 0.6) is 0 Å². The quantitative estimate of drug-likeness (QED) is 0.788. The fraction of sp³-hybridized carbons (Fsp3) is 0.250. The topological polar surface area (TPSA) is 32.7 Å². The molecule has 0 bridgehead atoms. The molecule has 1 atom stereocenters. The Morgan fingerprint density at radius 3 is 2.76 bits per heavy atom. The number of rotatable bonds is 3. The largest absolute Gasteiger partial charge is 0.272 e. The van der Waals surface area contributed by atoms with Gasteiger partial charge in [0, 0.05) is 6.42 Å². The van der Waals surface area contributed by atoms with Crippen LogP contribution in [-0.2, 0) is 4.79 Å². The van der Waals surface area contributed by atoms with Crippen LogP contribution in [0.4, 0.5) is 0 Å². The molecule has 1 aromatic heterocycles. The first kappa shape index (κ1) is 14.3. The molecule has 1 aliphatic heterocycles. The number of benzene rings is 1. The molecule has 1 amide bonds. The number of hydrogen-bond acceptors (Lipinski definition) is 3. The maximum absolute atomic E-state index is 12.1. The normalized spacial score (nSPS) is 17.9. The van der Waals surface area contributed by atoms with Crippen LogP contribution in [0.15, 0.2) is 46.9 Å². The second kappa shape index (κ2) is 6.00. The van der Waals surface area contributed by atoms with E-state index in [-0.39, 0.29) is 17.8 Å². The van der Waals surface area contributed by atoms with Crippen molar-refractivity contribution in [2.24, 2.45) is 5.10 Å². The van der Waals surface area contributed by atoms with Crippen molar-refractivity contribution in [2.75, 3.05) is 5.88 Å². The number of thiophene rings is 1. The molecule has 0 unspecified atom stereocenters. The number of carbonyl (C=O) groups is 1. The Hall–Kier alpha value is -1.65. The first-order valence-corrected chi connectivity index (χ1v) is 8.16. The van der Waals surface area contributed by atoms with Crippen molar-refractivity contribution < 1.29 is 4.79 Å². The highest BCUT2D eigenvalue weighted by atomic mass is 35.5. The van der Waals surface area contributed by atoms with Crippen molar-refractivity contribution in [3.8, 4) is 0 Å². The number of hydrogen-bond donors (Lipinski definition) is 0. The van der Waals surface area contributed by atoms with Crippen LogP contribution in [0.25, 0.3) is 0 Å². The van der Waals surface area contributed by atoms with Crippen molar-refractivity contribution in [1.82, 2.24) is 5.01 Å². The first-order valence-electron chi connectivity index (χ1n) is 6.75. The second-order valence-corrected chi connectivity index (χ2v) is 6.24. The zero-order valence-electron chi connectivity index (χ0n) is 11.6. The molecular weight excluding hydrogens is 304 g/mol. The van der Waals surface area contributed by atoms with E-state index in [2.05, 4.69) is 29.4 Å². The minimum atomic E-state index is -0.159. The maximum Gasteiger partial charge on any atom is 0.258 e. The summed E-state index contributed by atoms with van der Waals surface area (Å²) in [5.74, 6) is -0.211. The monoisotopic (exact) mass is 318 g/mol. The third-order valence-corrected chi connectivity index (χ3v) is 4.70. The number of nitrogens with zero attached hydrogens (tertiary/aromatic N) is 2. The summed E-state index contributed by atoms with van der Waals surface area (Å²) in [4.78, 5) is 13.2. The third-order valence-electron chi connectivity index (χ3n) is 3.55. The van der Waals surface area contributed by atoms with Crippen LogP contribution in [-0.4, -0.2) is 22.5 Å². The van der Waals surface area contributed by atoms with Crippen molar-refractivity contribution in [3.05, 3.63) is 57.8 Å². The fourth-order valence-corrected chi connectivity index (χ4v) is 3.28. The Balaban J connectivity index is 1.93. The van der Waals surface area contributed by atoms with E-state index in [1.54, 1.807) is 11.3 Å². The van der Waals surface area contributed by atoms with Crippen molar-refractivity contribution in [1.29, 1.82) is 0 Å². The number of amides is 1. The molecule has 108 valence electrons. The zero-order chi connectivity index (χ0) is 14.8. The van der Waals surface area contributed by atoms with Gasteiger partial charge in [0.2, 0.25) is 0 Å². The average Bonchev–Trinajstić information content (AvgIpc) is 3.16. The molecule has 0 radical (unpaired) electrons. The lowest BCUT2D eigenvalue weighted by Crippen LogP contribution is -2.27. The van der Waals surface area contributed by atoms with E-state index in [9.17, 15) is 4.79 Å². The van der Waals surface area contributed by atoms with Crippen LogP contribution in [0.3, 0.4) is 0 Å². The van der Waals surface area contributed by atoms with E-state index in [4.69, 9.17) is 11.6 Å². The van der Waals surface area contributed by atoms with E-state index in [1.807, 2.05) is 24.4 Å². The van der Waals surface area contributed by atoms with Gasteiger partial charge in [-0.15, -0.1) is 22.9 Å². The van der Waals surface area contributed by atoms with Gasteiger partial charge in [-0.1, -0.05) is 35.9 Å². The van der Waals surface area contributed by atoms with Crippen LogP contribution in [0.1, 0.15) is 28.5 Å². The summed E-state index contributed by atoms with van der Waals surface area (Å²) in [6, 6.07) is 12.2. The van der Waals surface area contributed by atoms with Gasteiger partial charge < -0.3 is 0 Å². The van der Waals surface area contributed by atoms with Crippen molar-refractivity contribution >= 4 is 34.6 Å². The molecular formula is C16H15ClN2OS. The summed E-state index contributed by atoms with van der Waals surface area (Å²) in [5, 5.41) is 8.06. The number of carbonyl (C=O) groups excluding carboxylic acids is 1. The van der Waals surface area contributed by atoms with Gasteiger partial charge in [0.05, 0.1) is 16.6 Å². The molecule has 2 heterocycles. The minimum absolute atomic E-state index is 0.0520. The molecule has 3 nitrogen and oxygen atoms in total. The SMILES string of the molecule is Cc1ccc([C@H]2CC(c3cccs3)=NN2C(=O)CCl)cc1. The molecule has 0 N–H and O–H groups in total. The molecule has 0 saturated carbocycles. The van der Waals surface area contributed by atoms with Gasteiger partial charge >= 0.3 is 0 Å². The lowest BCUT2D eigenvalue weighted by Gasteiger charge is -2.21. The van der Waals surface area contributed by atoms with E-state index in [1.165, 1.54) is 10.6 Å². The van der Waals surface area contributed by atoms with Crippen molar-refractivity contribution in [2.45, 2.75) is 19.4 Å². The van der Waals surface area contributed by atoms with Gasteiger partial charge in [-0.2, -0.15) is 5.10 Å². The van der Waals surface area contributed by atoms with Crippen LogP contribution < -0.4 is 0 Å². The predicted octanol–water partition coefficient (Wildman–Crippen LogP) is 3.97. The molecule has 1 aliphatic rings. The highest BCUT2D eigenvalue weighted by molar-refractivity contribution is 7.12. The predicted molar refractivity (Wildman–Crippen MR) is 87.0 cm³/mol. The zero-order valence-corrected chi connectivity index (χ0v) is 13.2. The average molecular weight is 319 g/mol. The fourth-order valence-electron chi connectivity index (χ4n) is 2.44. The summed E-state index contributed by atoms with van der Waals surface area (Å²) in [5.41, 5.74) is 3.25. The van der Waals surface area contributed by atoms with E-state index in [0.29, 0.717) is 0 Å². The second-order valence-electron chi connectivity index (χ2n) is 5.03. The smallest absolute Gasteiger partial charge is 0.258 e. The minimum Gasteiger partial charge on any atom is -0.272 e. The summed E-state index contributed by atoms with van der Waals surface area (Å²) in [7, 11) is 0. The van der Waals surface area contributed by atoms with E-state index in [0.717, 1.165) is 22.6 Å². The molecule has 1 aromatic carbocycles. The van der Waals surface area contributed by atoms with Gasteiger partial charge in [-0.25, -0.2) is 5.01 Å². The van der Waals surface area contributed by atoms with E-state index < -0.39 is 0 Å². The Morgan fingerprint density at radius 1 is 1.38 bits per heavy atom. The van der Waals surface area contributed by atoms with E-state index >= 15 is 0 Å². The molecule has 0 aliphatic carbocycles. The Morgan fingerprint density at radius 2 is 2.14 bits per heavy atom. The molecule has 0 fully saturated rings. The van der Waals surface area contributed by atoms with Gasteiger partial charge in [0.15, 0.2) is 0 Å². The highest BCUT2D eigenvalue weighted by Crippen LogP contribution is 2.33. The first-order chi connectivity index (χ1) is 10.2. The Labute approximate surface area is 132 Å². The van der Waals surface area contributed by atoms with Gasteiger partial charge in [0.1, 0.15) is 5.88 Å². The number of hydrazone groups is 1. The standard InChI is InChI=1S/C16H15ClN2OS/c1-11-4-6-12(7-5-11)14-9-13(15-3-2-8-21-15)18-19(14)16(20)10-17/h2-8,14H,9-10H2,1H3/t14-/m1/s1. The molecule has 5 heteroatoms. The number of aryl methyl sites for hydroxylation is 1. The molecule has 0 saturated heterocycles. The third kappa shape index (κ3) is 2.87. The highest BCUT2D eigenvalue weighted by Gasteiger charge is 2.32. The van der Waals surface area contributed by atoms with Gasteiger partial charge in [0.25, 0.3) is 5.91 Å². The summed E-state index contributed by atoms with van der Waals surface area (Å²) in [6.45, 7) is 2.05. The maximum atomic E-state index is 12.1. The van der Waals surface area contributed by atoms with Crippen LogP contribution in [0, 0.1) is 6.92 Å². The summed E-state index contributed by atoms with van der Waals surface area (Å²) < 4.78 is 0.